The molecule has 0 spiro atoms. The fourth-order valence-corrected chi connectivity index (χ4v) is 2.82. The highest BCUT2D eigenvalue weighted by molar-refractivity contribution is 5.34. The Morgan fingerprint density at radius 1 is 1.43 bits per heavy atom. The summed E-state index contributed by atoms with van der Waals surface area (Å²) in [6.45, 7) is 9.39. The Morgan fingerprint density at radius 3 is 3.00 bits per heavy atom. The predicted molar refractivity (Wildman–Crippen MR) is 81.1 cm³/mol. The van der Waals surface area contributed by atoms with Crippen molar-refractivity contribution in [2.75, 3.05) is 19.7 Å². The summed E-state index contributed by atoms with van der Waals surface area (Å²) in [5.74, 6) is 0.777. The Labute approximate surface area is 124 Å². The van der Waals surface area contributed by atoms with Crippen LogP contribution in [-0.4, -0.2) is 51.1 Å². The van der Waals surface area contributed by atoms with Gasteiger partial charge in [0.2, 0.25) is 5.78 Å². The van der Waals surface area contributed by atoms with E-state index in [9.17, 15) is 0 Å². The van der Waals surface area contributed by atoms with Crippen molar-refractivity contribution in [1.29, 1.82) is 0 Å². The van der Waals surface area contributed by atoms with E-state index in [1.807, 2.05) is 18.2 Å². The molecule has 1 aliphatic heterocycles. The zero-order chi connectivity index (χ0) is 15.0. The molecule has 6 nitrogen and oxygen atoms in total. The van der Waals surface area contributed by atoms with Crippen LogP contribution in [0.1, 0.15) is 24.0 Å². The lowest BCUT2D eigenvalue weighted by molar-refractivity contribution is -0.0406. The maximum absolute atomic E-state index is 5.94. The molecule has 0 radical (unpaired) electrons. The number of hydrogen-bond donors (Lipinski definition) is 1. The van der Waals surface area contributed by atoms with Crippen molar-refractivity contribution < 1.29 is 4.74 Å². The molecular formula is C15H23N5O. The maximum atomic E-state index is 5.94. The predicted octanol–water partition coefficient (Wildman–Crippen LogP) is 0.894. The third-order valence-electron chi connectivity index (χ3n) is 3.96. The highest BCUT2D eigenvalue weighted by Gasteiger charge is 2.24. The topological polar surface area (TPSA) is 68.7 Å². The average molecular weight is 289 g/mol. The number of imidazole rings is 1. The number of ether oxygens (including phenoxy) is 1. The Morgan fingerprint density at radius 2 is 2.24 bits per heavy atom. The van der Waals surface area contributed by atoms with Gasteiger partial charge in [-0.05, 0) is 26.8 Å². The third-order valence-corrected chi connectivity index (χ3v) is 3.96. The fourth-order valence-electron chi connectivity index (χ4n) is 2.82. The standard InChI is InChI=1S/C15H23N5O/c1-10-6-11(2)20-8-13(18-15(20)17-10)7-19-4-5-21-14(9-19)12(3)16/h6,8,12,14H,4-5,7,9,16H2,1-3H3. The summed E-state index contributed by atoms with van der Waals surface area (Å²) in [5, 5.41) is 0. The Balaban J connectivity index is 1.77. The molecule has 3 rings (SSSR count). The summed E-state index contributed by atoms with van der Waals surface area (Å²) >= 11 is 0. The van der Waals surface area contributed by atoms with Gasteiger partial charge in [-0.15, -0.1) is 0 Å². The van der Waals surface area contributed by atoms with Crippen LogP contribution in [0.4, 0.5) is 0 Å². The number of rotatable bonds is 3. The summed E-state index contributed by atoms with van der Waals surface area (Å²) in [5.41, 5.74) is 9.14. The van der Waals surface area contributed by atoms with Gasteiger partial charge in [0.25, 0.3) is 0 Å². The zero-order valence-electron chi connectivity index (χ0n) is 12.9. The molecule has 2 unspecified atom stereocenters. The minimum Gasteiger partial charge on any atom is -0.374 e. The number of fused-ring (bicyclic) bond motifs is 1. The second-order valence-corrected chi connectivity index (χ2v) is 5.94. The van der Waals surface area contributed by atoms with Crippen LogP contribution in [0.15, 0.2) is 12.3 Å². The summed E-state index contributed by atoms with van der Waals surface area (Å²) in [6.07, 6.45) is 2.19. The Kier molecular flexibility index (Phi) is 3.93. The number of nitrogens with zero attached hydrogens (tertiary/aromatic N) is 4. The van der Waals surface area contributed by atoms with Crippen molar-refractivity contribution in [1.82, 2.24) is 19.3 Å². The van der Waals surface area contributed by atoms with Crippen molar-refractivity contribution in [3.05, 3.63) is 29.3 Å². The third kappa shape index (κ3) is 3.07. The van der Waals surface area contributed by atoms with Crippen LogP contribution in [0.2, 0.25) is 0 Å². The fraction of sp³-hybridized carbons (Fsp3) is 0.600. The molecule has 0 aromatic carbocycles. The van der Waals surface area contributed by atoms with Crippen molar-refractivity contribution >= 4 is 5.78 Å². The van der Waals surface area contributed by atoms with Crippen molar-refractivity contribution in [2.24, 2.45) is 5.73 Å². The highest BCUT2D eigenvalue weighted by Crippen LogP contribution is 2.13. The van der Waals surface area contributed by atoms with Gasteiger partial charge >= 0.3 is 0 Å². The van der Waals surface area contributed by atoms with E-state index in [1.165, 1.54) is 0 Å². The Hall–Kier alpha value is -1.50. The average Bonchev–Trinajstić information content (AvgIpc) is 2.81. The molecule has 0 bridgehead atoms. The molecule has 6 heteroatoms. The lowest BCUT2D eigenvalue weighted by Crippen LogP contribution is -2.49. The SMILES string of the molecule is Cc1cc(C)n2cc(CN3CCOC(C(C)N)C3)nc2n1. The second kappa shape index (κ2) is 5.71. The summed E-state index contributed by atoms with van der Waals surface area (Å²) in [6, 6.07) is 2.12. The van der Waals surface area contributed by atoms with Gasteiger partial charge in [0.05, 0.1) is 18.4 Å². The molecule has 2 N–H and O–H groups in total. The molecule has 1 aliphatic rings. The second-order valence-electron chi connectivity index (χ2n) is 5.94. The first-order valence-electron chi connectivity index (χ1n) is 7.44. The smallest absolute Gasteiger partial charge is 0.234 e. The lowest BCUT2D eigenvalue weighted by atomic mass is 10.1. The van der Waals surface area contributed by atoms with Gasteiger partial charge in [0.1, 0.15) is 0 Å². The first-order valence-corrected chi connectivity index (χ1v) is 7.44. The van der Waals surface area contributed by atoms with Crippen molar-refractivity contribution in [3.63, 3.8) is 0 Å². The first-order chi connectivity index (χ1) is 10.0. The minimum absolute atomic E-state index is 0.0560. The van der Waals surface area contributed by atoms with Crippen LogP contribution in [0, 0.1) is 13.8 Å². The summed E-state index contributed by atoms with van der Waals surface area (Å²) in [7, 11) is 0. The number of nitrogens with two attached hydrogens (primary N) is 1. The highest BCUT2D eigenvalue weighted by atomic mass is 16.5. The van der Waals surface area contributed by atoms with Crippen LogP contribution >= 0.6 is 0 Å². The quantitative estimate of drug-likeness (QED) is 0.909. The van der Waals surface area contributed by atoms with Gasteiger partial charge in [-0.25, -0.2) is 9.97 Å². The molecular weight excluding hydrogens is 266 g/mol. The lowest BCUT2D eigenvalue weighted by Gasteiger charge is -2.34. The van der Waals surface area contributed by atoms with E-state index >= 15 is 0 Å². The molecule has 0 amide bonds. The van der Waals surface area contributed by atoms with Gasteiger partial charge < -0.3 is 10.5 Å². The molecule has 2 atom stereocenters. The van der Waals surface area contributed by atoms with Crippen molar-refractivity contribution in [2.45, 2.75) is 39.5 Å². The largest absolute Gasteiger partial charge is 0.374 e. The molecule has 114 valence electrons. The van der Waals surface area contributed by atoms with E-state index in [4.69, 9.17) is 10.5 Å². The van der Waals surface area contributed by atoms with E-state index < -0.39 is 0 Å². The molecule has 21 heavy (non-hydrogen) atoms. The van der Waals surface area contributed by atoms with E-state index in [0.29, 0.717) is 0 Å². The van der Waals surface area contributed by atoms with Gasteiger partial charge in [-0.1, -0.05) is 0 Å². The molecule has 2 aromatic rings. The van der Waals surface area contributed by atoms with Gasteiger partial charge in [0.15, 0.2) is 0 Å². The first kappa shape index (κ1) is 14.4. The van der Waals surface area contributed by atoms with E-state index in [2.05, 4.69) is 34.1 Å². The molecule has 0 saturated carbocycles. The number of aryl methyl sites for hydroxylation is 2. The van der Waals surface area contributed by atoms with Gasteiger partial charge in [0, 0.05) is 43.3 Å². The molecule has 1 fully saturated rings. The van der Waals surface area contributed by atoms with E-state index in [1.54, 1.807) is 0 Å². The van der Waals surface area contributed by atoms with Gasteiger partial charge in [-0.3, -0.25) is 9.30 Å². The van der Waals surface area contributed by atoms with E-state index in [-0.39, 0.29) is 12.1 Å². The zero-order valence-corrected chi connectivity index (χ0v) is 12.9. The van der Waals surface area contributed by atoms with Crippen LogP contribution < -0.4 is 5.73 Å². The van der Waals surface area contributed by atoms with Crippen LogP contribution in [-0.2, 0) is 11.3 Å². The Bertz CT molecular complexity index is 636. The minimum atomic E-state index is 0.0560. The van der Waals surface area contributed by atoms with Gasteiger partial charge in [-0.2, -0.15) is 0 Å². The van der Waals surface area contributed by atoms with Crippen LogP contribution in [0.25, 0.3) is 5.78 Å². The van der Waals surface area contributed by atoms with Crippen molar-refractivity contribution in [3.8, 4) is 0 Å². The molecule has 0 aliphatic carbocycles. The molecule has 1 saturated heterocycles. The number of aromatic nitrogens is 3. The number of hydrogen-bond acceptors (Lipinski definition) is 5. The normalized spacial score (nSPS) is 21.8. The van der Waals surface area contributed by atoms with Crippen LogP contribution in [0.5, 0.6) is 0 Å². The summed E-state index contributed by atoms with van der Waals surface area (Å²) < 4.78 is 7.74. The number of morpholine rings is 1. The summed E-state index contributed by atoms with van der Waals surface area (Å²) in [4.78, 5) is 11.5. The monoisotopic (exact) mass is 289 g/mol. The molecule has 3 heterocycles. The maximum Gasteiger partial charge on any atom is 0.234 e. The van der Waals surface area contributed by atoms with E-state index in [0.717, 1.165) is 49.1 Å². The molecule has 2 aromatic heterocycles. The van der Waals surface area contributed by atoms with Crippen LogP contribution in [0.3, 0.4) is 0 Å².